The summed E-state index contributed by atoms with van der Waals surface area (Å²) in [6.07, 6.45) is 1.95. The van der Waals surface area contributed by atoms with Gasteiger partial charge in [0.05, 0.1) is 18.2 Å². The number of amides is 1. The van der Waals surface area contributed by atoms with Crippen molar-refractivity contribution in [1.29, 1.82) is 0 Å². The topological polar surface area (TPSA) is 50.4 Å². The molecule has 4 heteroatoms. The summed E-state index contributed by atoms with van der Waals surface area (Å²) in [5.74, 6) is 0.759. The lowest BCUT2D eigenvalue weighted by atomic mass is 9.82. The van der Waals surface area contributed by atoms with Crippen LogP contribution in [0.3, 0.4) is 0 Å². The van der Waals surface area contributed by atoms with Crippen LogP contribution in [0, 0.1) is 12.3 Å². The lowest BCUT2D eigenvalue weighted by molar-refractivity contribution is -0.125. The van der Waals surface area contributed by atoms with E-state index >= 15 is 0 Å². The van der Waals surface area contributed by atoms with Crippen molar-refractivity contribution in [2.45, 2.75) is 26.7 Å². The predicted octanol–water partition coefficient (Wildman–Crippen LogP) is 2.33. The van der Waals surface area contributed by atoms with Gasteiger partial charge in [-0.25, -0.2) is 0 Å². The fourth-order valence-corrected chi connectivity index (χ4v) is 2.44. The van der Waals surface area contributed by atoms with Gasteiger partial charge in [-0.05, 0) is 50.9 Å². The van der Waals surface area contributed by atoms with Crippen LogP contribution in [0.2, 0.25) is 0 Å². The minimum atomic E-state index is -0.340. The Morgan fingerprint density at radius 2 is 2.26 bits per heavy atom. The number of anilines is 1. The van der Waals surface area contributed by atoms with Gasteiger partial charge in [-0.2, -0.15) is 0 Å². The minimum absolute atomic E-state index is 0.0589. The van der Waals surface area contributed by atoms with Crippen molar-refractivity contribution in [2.75, 3.05) is 25.5 Å². The van der Waals surface area contributed by atoms with E-state index in [1.165, 1.54) is 0 Å². The summed E-state index contributed by atoms with van der Waals surface area (Å²) in [4.78, 5) is 12.5. The highest BCUT2D eigenvalue weighted by Gasteiger charge is 2.34. The van der Waals surface area contributed by atoms with Gasteiger partial charge < -0.3 is 15.4 Å². The number of aryl methyl sites for hydroxylation is 1. The van der Waals surface area contributed by atoms with Crippen LogP contribution in [0.4, 0.5) is 5.69 Å². The van der Waals surface area contributed by atoms with Gasteiger partial charge in [0.25, 0.3) is 0 Å². The Morgan fingerprint density at radius 1 is 1.47 bits per heavy atom. The number of rotatable bonds is 3. The first-order valence-electron chi connectivity index (χ1n) is 6.72. The second kappa shape index (κ2) is 5.61. The average molecular weight is 262 g/mol. The minimum Gasteiger partial charge on any atom is -0.495 e. The van der Waals surface area contributed by atoms with Crippen molar-refractivity contribution in [3.63, 3.8) is 0 Å². The number of carbonyl (C=O) groups excluding carboxylic acids is 1. The number of nitrogens with one attached hydrogen (secondary N) is 2. The van der Waals surface area contributed by atoms with E-state index in [0.717, 1.165) is 37.2 Å². The highest BCUT2D eigenvalue weighted by molar-refractivity contribution is 5.96. The van der Waals surface area contributed by atoms with Gasteiger partial charge in [-0.1, -0.05) is 6.07 Å². The summed E-state index contributed by atoms with van der Waals surface area (Å²) < 4.78 is 5.29. The normalized spacial score (nSPS) is 22.9. The molecule has 0 aliphatic carbocycles. The zero-order valence-corrected chi connectivity index (χ0v) is 11.9. The quantitative estimate of drug-likeness (QED) is 0.879. The van der Waals surface area contributed by atoms with Gasteiger partial charge in [0.15, 0.2) is 0 Å². The van der Waals surface area contributed by atoms with Crippen molar-refractivity contribution in [3.8, 4) is 5.75 Å². The largest absolute Gasteiger partial charge is 0.495 e. The van der Waals surface area contributed by atoms with Gasteiger partial charge >= 0.3 is 0 Å². The van der Waals surface area contributed by atoms with Gasteiger partial charge in [0.1, 0.15) is 5.75 Å². The summed E-state index contributed by atoms with van der Waals surface area (Å²) in [5.41, 5.74) is 1.51. The molecule has 1 aliphatic heterocycles. The molecule has 1 heterocycles. The van der Waals surface area contributed by atoms with Crippen LogP contribution in [-0.2, 0) is 4.79 Å². The van der Waals surface area contributed by atoms with Crippen LogP contribution in [0.5, 0.6) is 5.75 Å². The van der Waals surface area contributed by atoms with Crippen LogP contribution in [0.1, 0.15) is 25.3 Å². The van der Waals surface area contributed by atoms with Crippen molar-refractivity contribution in [2.24, 2.45) is 5.41 Å². The molecule has 0 saturated carbocycles. The van der Waals surface area contributed by atoms with E-state index in [1.54, 1.807) is 7.11 Å². The number of hydrogen-bond acceptors (Lipinski definition) is 3. The van der Waals surface area contributed by atoms with Crippen LogP contribution >= 0.6 is 0 Å². The maximum Gasteiger partial charge on any atom is 0.231 e. The fourth-order valence-electron chi connectivity index (χ4n) is 2.44. The third-order valence-electron chi connectivity index (χ3n) is 3.75. The molecule has 1 atom stereocenters. The molecule has 1 amide bonds. The van der Waals surface area contributed by atoms with Crippen LogP contribution in [0.25, 0.3) is 0 Å². The average Bonchev–Trinajstić information content (AvgIpc) is 2.40. The van der Waals surface area contributed by atoms with Crippen molar-refractivity contribution in [1.82, 2.24) is 5.32 Å². The maximum absolute atomic E-state index is 12.5. The van der Waals surface area contributed by atoms with Crippen molar-refractivity contribution < 1.29 is 9.53 Å². The highest BCUT2D eigenvalue weighted by Crippen LogP contribution is 2.30. The van der Waals surface area contributed by atoms with Gasteiger partial charge in [0, 0.05) is 6.54 Å². The number of carbonyl (C=O) groups is 1. The Hall–Kier alpha value is -1.55. The molecule has 0 radical (unpaired) electrons. The van der Waals surface area contributed by atoms with Crippen LogP contribution in [-0.4, -0.2) is 26.1 Å². The predicted molar refractivity (Wildman–Crippen MR) is 76.6 cm³/mol. The molecule has 1 fully saturated rings. The van der Waals surface area contributed by atoms with E-state index in [4.69, 9.17) is 4.74 Å². The molecule has 19 heavy (non-hydrogen) atoms. The van der Waals surface area contributed by atoms with Crippen LogP contribution < -0.4 is 15.4 Å². The Morgan fingerprint density at radius 3 is 2.89 bits per heavy atom. The number of benzene rings is 1. The Kier molecular flexibility index (Phi) is 4.10. The number of hydrogen-bond donors (Lipinski definition) is 2. The maximum atomic E-state index is 12.5. The van der Waals surface area contributed by atoms with E-state index in [-0.39, 0.29) is 11.3 Å². The molecule has 1 saturated heterocycles. The lowest BCUT2D eigenvalue weighted by Crippen LogP contribution is -2.46. The molecular weight excluding hydrogens is 240 g/mol. The Labute approximate surface area is 114 Å². The molecule has 1 aromatic carbocycles. The molecule has 2 rings (SSSR count). The molecular formula is C15H22N2O2. The third-order valence-corrected chi connectivity index (χ3v) is 3.75. The Bertz CT molecular complexity index is 465. The summed E-state index contributed by atoms with van der Waals surface area (Å²) in [5, 5.41) is 6.30. The molecule has 0 bridgehead atoms. The molecule has 104 valence electrons. The highest BCUT2D eigenvalue weighted by atomic mass is 16.5. The molecule has 2 N–H and O–H groups in total. The first kappa shape index (κ1) is 13.9. The molecule has 0 spiro atoms. The molecule has 1 unspecified atom stereocenters. The first-order valence-corrected chi connectivity index (χ1v) is 6.72. The van der Waals surface area contributed by atoms with E-state index < -0.39 is 0 Å². The number of methoxy groups -OCH3 is 1. The molecule has 0 aromatic heterocycles. The SMILES string of the molecule is COc1ccc(C)cc1NC(=O)C1(C)CCCNC1. The van der Waals surface area contributed by atoms with Gasteiger partial charge in [-0.15, -0.1) is 0 Å². The summed E-state index contributed by atoms with van der Waals surface area (Å²) in [6, 6.07) is 5.79. The second-order valence-corrected chi connectivity index (χ2v) is 5.50. The smallest absolute Gasteiger partial charge is 0.231 e. The Balaban J connectivity index is 2.16. The van der Waals surface area contributed by atoms with Gasteiger partial charge in [0.2, 0.25) is 5.91 Å². The molecule has 4 nitrogen and oxygen atoms in total. The van der Waals surface area contributed by atoms with Crippen molar-refractivity contribution in [3.05, 3.63) is 23.8 Å². The lowest BCUT2D eigenvalue weighted by Gasteiger charge is -2.32. The standard InChI is InChI=1S/C15H22N2O2/c1-11-5-6-13(19-3)12(9-11)17-14(18)15(2)7-4-8-16-10-15/h5-6,9,16H,4,7-8,10H2,1-3H3,(H,17,18). The monoisotopic (exact) mass is 262 g/mol. The second-order valence-electron chi connectivity index (χ2n) is 5.50. The third kappa shape index (κ3) is 3.07. The summed E-state index contributed by atoms with van der Waals surface area (Å²) in [7, 11) is 1.62. The number of piperidine rings is 1. The summed E-state index contributed by atoms with van der Waals surface area (Å²) in [6.45, 7) is 5.74. The summed E-state index contributed by atoms with van der Waals surface area (Å²) >= 11 is 0. The van der Waals surface area contributed by atoms with E-state index in [1.807, 2.05) is 32.0 Å². The zero-order valence-electron chi connectivity index (χ0n) is 11.9. The van der Waals surface area contributed by atoms with E-state index in [9.17, 15) is 4.79 Å². The van der Waals surface area contributed by atoms with Crippen molar-refractivity contribution >= 4 is 11.6 Å². The molecule has 1 aromatic rings. The van der Waals surface area contributed by atoms with Gasteiger partial charge in [-0.3, -0.25) is 4.79 Å². The fraction of sp³-hybridized carbons (Fsp3) is 0.533. The first-order chi connectivity index (χ1) is 9.05. The zero-order chi connectivity index (χ0) is 13.9. The molecule has 1 aliphatic rings. The van der Waals surface area contributed by atoms with E-state index in [2.05, 4.69) is 10.6 Å². The van der Waals surface area contributed by atoms with E-state index in [0.29, 0.717) is 5.75 Å². The van der Waals surface area contributed by atoms with Crippen LogP contribution in [0.15, 0.2) is 18.2 Å². The number of ether oxygens (including phenoxy) is 1.